The highest BCUT2D eigenvalue weighted by atomic mass is 32.2. The Labute approximate surface area is 146 Å². The fourth-order valence-electron chi connectivity index (χ4n) is 1.77. The number of esters is 2. The number of carbonyl (C=O) groups is 2. The van der Waals surface area contributed by atoms with Gasteiger partial charge >= 0.3 is 11.9 Å². The van der Waals surface area contributed by atoms with Crippen LogP contribution >= 0.6 is 11.8 Å². The molecule has 6 heteroatoms. The Balaban J connectivity index is 2.87. The third kappa shape index (κ3) is 6.91. The average molecular weight is 350 g/mol. The first-order valence-corrected chi connectivity index (χ1v) is 8.60. The molecule has 0 amide bonds. The van der Waals surface area contributed by atoms with Gasteiger partial charge in [0.15, 0.2) is 0 Å². The van der Waals surface area contributed by atoms with Crippen molar-refractivity contribution in [2.45, 2.75) is 26.5 Å². The molecule has 24 heavy (non-hydrogen) atoms. The fraction of sp³-hybridized carbons (Fsp3) is 0.333. The van der Waals surface area contributed by atoms with Gasteiger partial charge in [0.05, 0.1) is 18.1 Å². The molecule has 0 atom stereocenters. The summed E-state index contributed by atoms with van der Waals surface area (Å²) in [7, 11) is 0. The predicted octanol–water partition coefficient (Wildman–Crippen LogP) is 3.68. The van der Waals surface area contributed by atoms with Gasteiger partial charge in [-0.05, 0) is 38.5 Å². The third-order valence-electron chi connectivity index (χ3n) is 2.83. The van der Waals surface area contributed by atoms with E-state index in [-0.39, 0.29) is 13.2 Å². The second-order valence-electron chi connectivity index (χ2n) is 4.80. The van der Waals surface area contributed by atoms with Crippen molar-refractivity contribution in [3.05, 3.63) is 58.2 Å². The molecule has 0 aliphatic rings. The molecule has 0 saturated heterocycles. The first-order chi connectivity index (χ1) is 11.5. The average Bonchev–Trinajstić information content (AvgIpc) is 2.55. The molecule has 5 nitrogen and oxygen atoms in total. The van der Waals surface area contributed by atoms with Gasteiger partial charge in [-0.3, -0.25) is 0 Å². The Bertz CT molecular complexity index is 634. The number of benzene rings is 1. The van der Waals surface area contributed by atoms with Crippen LogP contribution in [0, 0.1) is 6.92 Å². The number of ether oxygens (including phenoxy) is 2. The molecule has 0 aliphatic carbocycles. The third-order valence-corrected chi connectivity index (χ3v) is 3.92. The maximum absolute atomic E-state index is 12.0. The Morgan fingerprint density at radius 1 is 1.12 bits per heavy atom. The number of aliphatic hydroxyl groups is 1. The molecule has 1 aromatic carbocycles. The van der Waals surface area contributed by atoms with E-state index in [2.05, 4.69) is 4.74 Å². The minimum Gasteiger partial charge on any atom is -0.502 e. The van der Waals surface area contributed by atoms with Gasteiger partial charge in [0, 0.05) is 5.75 Å². The first kappa shape index (κ1) is 19.8. The van der Waals surface area contributed by atoms with Crippen LogP contribution in [0.5, 0.6) is 0 Å². The molecule has 0 heterocycles. The topological polar surface area (TPSA) is 72.8 Å². The van der Waals surface area contributed by atoms with E-state index >= 15 is 0 Å². The van der Waals surface area contributed by atoms with Crippen LogP contribution in [0.4, 0.5) is 0 Å². The largest absolute Gasteiger partial charge is 0.502 e. The summed E-state index contributed by atoms with van der Waals surface area (Å²) in [4.78, 5) is 23.7. The molecule has 130 valence electrons. The minimum absolute atomic E-state index is 0.160. The van der Waals surface area contributed by atoms with Gasteiger partial charge in [0.2, 0.25) is 5.76 Å². The number of aryl methyl sites for hydroxylation is 1. The fourth-order valence-corrected chi connectivity index (χ4v) is 2.61. The molecule has 0 unspecified atom stereocenters. The second kappa shape index (κ2) is 10.5. The lowest BCUT2D eigenvalue weighted by Gasteiger charge is -2.07. The Morgan fingerprint density at radius 3 is 2.42 bits per heavy atom. The normalized spacial score (nSPS) is 12.0. The van der Waals surface area contributed by atoms with Crippen molar-refractivity contribution in [1.82, 2.24) is 0 Å². The molecule has 1 aromatic rings. The molecular formula is C18H22O5S. The van der Waals surface area contributed by atoms with Crippen molar-refractivity contribution in [1.29, 1.82) is 0 Å². The Hall–Kier alpha value is -2.21. The number of rotatable bonds is 8. The molecule has 0 bridgehead atoms. The molecule has 0 spiro atoms. The molecule has 1 N–H and O–H groups in total. The highest BCUT2D eigenvalue weighted by Crippen LogP contribution is 2.23. The van der Waals surface area contributed by atoms with E-state index in [4.69, 9.17) is 4.74 Å². The van der Waals surface area contributed by atoms with Gasteiger partial charge in [-0.25, -0.2) is 9.59 Å². The minimum atomic E-state index is -0.833. The van der Waals surface area contributed by atoms with Crippen LogP contribution in [0.25, 0.3) is 0 Å². The Kier molecular flexibility index (Phi) is 8.71. The van der Waals surface area contributed by atoms with Crippen molar-refractivity contribution in [2.24, 2.45) is 0 Å². The van der Waals surface area contributed by atoms with Crippen LogP contribution in [-0.4, -0.2) is 30.3 Å². The van der Waals surface area contributed by atoms with E-state index in [0.29, 0.717) is 10.7 Å². The molecule has 1 rings (SSSR count). The summed E-state index contributed by atoms with van der Waals surface area (Å²) in [5, 5.41) is 9.61. The highest BCUT2D eigenvalue weighted by molar-refractivity contribution is 8.03. The SMILES string of the molecule is CCOC(=O)C(O)=CC=C(SCc1cccc(C)c1)C(=O)OCC. The maximum Gasteiger partial charge on any atom is 0.373 e. The van der Waals surface area contributed by atoms with Crippen LogP contribution in [0.3, 0.4) is 0 Å². The molecule has 0 aromatic heterocycles. The van der Waals surface area contributed by atoms with Gasteiger partial charge in [-0.15, -0.1) is 11.8 Å². The van der Waals surface area contributed by atoms with Crippen molar-refractivity contribution in [3.8, 4) is 0 Å². The van der Waals surface area contributed by atoms with Gasteiger partial charge in [0.1, 0.15) is 0 Å². The lowest BCUT2D eigenvalue weighted by molar-refractivity contribution is -0.141. The van der Waals surface area contributed by atoms with Crippen molar-refractivity contribution in [2.75, 3.05) is 13.2 Å². The van der Waals surface area contributed by atoms with Gasteiger partial charge in [-0.2, -0.15) is 0 Å². The smallest absolute Gasteiger partial charge is 0.373 e. The van der Waals surface area contributed by atoms with Crippen LogP contribution < -0.4 is 0 Å². The van der Waals surface area contributed by atoms with Gasteiger partial charge in [0.25, 0.3) is 0 Å². The molecule has 0 aliphatic heterocycles. The number of hydrogen-bond donors (Lipinski definition) is 1. The quantitative estimate of drug-likeness (QED) is 0.334. The van der Waals surface area contributed by atoms with E-state index in [1.165, 1.54) is 17.8 Å². The summed E-state index contributed by atoms with van der Waals surface area (Å²) in [6.45, 7) is 5.76. The lowest BCUT2D eigenvalue weighted by atomic mass is 10.2. The van der Waals surface area contributed by atoms with Crippen molar-refractivity contribution >= 4 is 23.7 Å². The van der Waals surface area contributed by atoms with Crippen LogP contribution in [-0.2, 0) is 24.8 Å². The van der Waals surface area contributed by atoms with Crippen molar-refractivity contribution < 1.29 is 24.2 Å². The van der Waals surface area contributed by atoms with E-state index in [1.807, 2.05) is 31.2 Å². The van der Waals surface area contributed by atoms with E-state index < -0.39 is 17.7 Å². The van der Waals surface area contributed by atoms with E-state index in [1.54, 1.807) is 13.8 Å². The van der Waals surface area contributed by atoms with Gasteiger partial charge in [-0.1, -0.05) is 29.8 Å². The monoisotopic (exact) mass is 350 g/mol. The maximum atomic E-state index is 12.0. The standard InChI is InChI=1S/C18H22O5S/c1-4-22-17(20)15(19)9-10-16(18(21)23-5-2)24-12-14-8-6-7-13(3)11-14/h6-11,19H,4-5,12H2,1-3H3. The molecule has 0 radical (unpaired) electrons. The number of allylic oxidation sites excluding steroid dienone is 2. The molecule has 0 fully saturated rings. The zero-order chi connectivity index (χ0) is 17.9. The van der Waals surface area contributed by atoms with Crippen LogP contribution in [0.2, 0.25) is 0 Å². The second-order valence-corrected chi connectivity index (χ2v) is 5.82. The van der Waals surface area contributed by atoms with E-state index in [9.17, 15) is 14.7 Å². The van der Waals surface area contributed by atoms with Crippen molar-refractivity contribution in [3.63, 3.8) is 0 Å². The zero-order valence-corrected chi connectivity index (χ0v) is 14.9. The number of carbonyl (C=O) groups excluding carboxylic acids is 2. The highest BCUT2D eigenvalue weighted by Gasteiger charge is 2.13. The number of hydrogen-bond acceptors (Lipinski definition) is 6. The summed E-state index contributed by atoms with van der Waals surface area (Å²) < 4.78 is 9.68. The zero-order valence-electron chi connectivity index (χ0n) is 14.1. The summed E-state index contributed by atoms with van der Waals surface area (Å²) in [6.07, 6.45) is 2.51. The Morgan fingerprint density at radius 2 is 1.79 bits per heavy atom. The lowest BCUT2D eigenvalue weighted by Crippen LogP contribution is -2.08. The first-order valence-electron chi connectivity index (χ1n) is 7.61. The summed E-state index contributed by atoms with van der Waals surface area (Å²) in [5.74, 6) is -1.32. The summed E-state index contributed by atoms with van der Waals surface area (Å²) in [6, 6.07) is 7.94. The predicted molar refractivity (Wildman–Crippen MR) is 94.5 cm³/mol. The summed E-state index contributed by atoms with van der Waals surface area (Å²) >= 11 is 1.28. The molecular weight excluding hydrogens is 328 g/mol. The van der Waals surface area contributed by atoms with Crippen LogP contribution in [0.15, 0.2) is 47.1 Å². The van der Waals surface area contributed by atoms with Crippen LogP contribution in [0.1, 0.15) is 25.0 Å². The number of thioether (sulfide) groups is 1. The molecule has 0 saturated carbocycles. The van der Waals surface area contributed by atoms with Gasteiger partial charge < -0.3 is 14.6 Å². The van der Waals surface area contributed by atoms with E-state index in [0.717, 1.165) is 17.2 Å². The summed E-state index contributed by atoms with van der Waals surface area (Å²) in [5.41, 5.74) is 2.20. The number of aliphatic hydroxyl groups excluding tert-OH is 1.